The summed E-state index contributed by atoms with van der Waals surface area (Å²) in [6, 6.07) is 7.11. The number of benzene rings is 1. The Balaban J connectivity index is 0.00000441. The highest BCUT2D eigenvalue weighted by Gasteiger charge is 2.29. The summed E-state index contributed by atoms with van der Waals surface area (Å²) in [7, 11) is 5.60. The van der Waals surface area contributed by atoms with Crippen LogP contribution in [-0.4, -0.2) is 60.5 Å². The second-order valence-electron chi connectivity index (χ2n) is 9.48. The lowest BCUT2D eigenvalue weighted by molar-refractivity contribution is -0.898. The fraction of sp³-hybridized carbons (Fsp3) is 0.240. The average Bonchev–Trinajstić information content (AvgIpc) is 3.14. The summed E-state index contributed by atoms with van der Waals surface area (Å²) in [6.07, 6.45) is 6.13. The number of nitro groups is 1. The Morgan fingerprint density at radius 3 is 2.70 bits per heavy atom. The number of carbonyl (C=O) groups excluding carboxylic acids is 1. The highest BCUT2D eigenvalue weighted by atomic mass is 79.9. The van der Waals surface area contributed by atoms with E-state index in [1.54, 1.807) is 42.9 Å². The van der Waals surface area contributed by atoms with Gasteiger partial charge in [-0.05, 0) is 56.2 Å². The van der Waals surface area contributed by atoms with Crippen LogP contribution in [0.2, 0.25) is 5.02 Å². The van der Waals surface area contributed by atoms with E-state index in [0.717, 1.165) is 10.2 Å². The molecule has 3 aromatic heterocycles. The monoisotopic (exact) mass is 693 g/mol. The topological polar surface area (TPSA) is 141 Å². The molecule has 15 heteroatoms. The van der Waals surface area contributed by atoms with E-state index >= 15 is 0 Å². The van der Waals surface area contributed by atoms with Crippen LogP contribution < -0.4 is 27.6 Å². The largest absolute Gasteiger partial charge is 1.00 e. The molecule has 1 amide bonds. The quantitative estimate of drug-likeness (QED) is 0.117. The van der Waals surface area contributed by atoms with E-state index in [4.69, 9.17) is 11.6 Å². The maximum atomic E-state index is 12.6. The molecule has 12 nitrogen and oxygen atoms in total. The lowest BCUT2D eigenvalue weighted by Crippen LogP contribution is -3.00. The van der Waals surface area contributed by atoms with E-state index in [1.165, 1.54) is 12.4 Å². The second-order valence-corrected chi connectivity index (χ2v) is 10.7. The van der Waals surface area contributed by atoms with Gasteiger partial charge < -0.3 is 46.8 Å². The molecule has 0 radical (unpaired) electrons. The molecule has 1 aromatic carbocycles. The first-order chi connectivity index (χ1) is 18.4. The molecule has 0 aliphatic heterocycles. The zero-order valence-electron chi connectivity index (χ0n) is 22.0. The number of pyridine rings is 1. The molecular formula is C25H26Br2ClN9O3. The van der Waals surface area contributed by atoms with Gasteiger partial charge in [0, 0.05) is 35.6 Å². The highest BCUT2D eigenvalue weighted by molar-refractivity contribution is 9.10. The van der Waals surface area contributed by atoms with Gasteiger partial charge in [-0.2, -0.15) is 0 Å². The molecule has 40 heavy (non-hydrogen) atoms. The Bertz CT molecular complexity index is 1610. The molecule has 0 saturated carbocycles. The molecule has 4 rings (SSSR count). The van der Waals surface area contributed by atoms with Crippen molar-refractivity contribution in [2.75, 3.05) is 31.3 Å². The SMILES string of the molecule is Cc1nc([N+](=O)[O-])c(C[N+](C)(C)C/C=C/C(=O)Nc2cc3c(Nc4ccc(Cl)c(Br)c4)ncnc3cn2)n1C.[Br-]. The number of hydrogen-bond acceptors (Lipinski definition) is 8. The van der Waals surface area contributed by atoms with Gasteiger partial charge >= 0.3 is 5.82 Å². The van der Waals surface area contributed by atoms with Crippen molar-refractivity contribution in [3.63, 3.8) is 0 Å². The molecular weight excluding hydrogens is 670 g/mol. The molecule has 2 N–H and O–H groups in total. The summed E-state index contributed by atoms with van der Waals surface area (Å²) >= 11 is 9.50. The summed E-state index contributed by atoms with van der Waals surface area (Å²) in [5, 5.41) is 18.7. The molecule has 210 valence electrons. The molecule has 0 spiro atoms. The number of aryl methyl sites for hydroxylation is 1. The number of halogens is 3. The van der Waals surface area contributed by atoms with Crippen LogP contribution in [0.25, 0.3) is 10.9 Å². The van der Waals surface area contributed by atoms with Crippen LogP contribution in [0.5, 0.6) is 0 Å². The van der Waals surface area contributed by atoms with Crippen LogP contribution in [-0.2, 0) is 18.4 Å². The molecule has 0 fully saturated rings. The van der Waals surface area contributed by atoms with E-state index in [2.05, 4.69) is 46.5 Å². The lowest BCUT2D eigenvalue weighted by Gasteiger charge is -2.28. The van der Waals surface area contributed by atoms with Crippen molar-refractivity contribution in [2.45, 2.75) is 13.5 Å². The molecule has 4 aromatic rings. The van der Waals surface area contributed by atoms with Gasteiger partial charge in [-0.3, -0.25) is 4.79 Å². The zero-order valence-corrected chi connectivity index (χ0v) is 26.0. The number of imidazole rings is 1. The maximum absolute atomic E-state index is 12.6. The average molecular weight is 696 g/mol. The third-order valence-corrected chi connectivity index (χ3v) is 7.20. The standard InChI is InChI=1S/C25H25BrClN9O3.BrH/c1-15-31-25(35(38)39)21(34(15)2)13-36(3,4)9-5-6-23(37)33-22-11-17-20(12-28-22)29-14-30-24(17)32-16-7-8-19(27)18(26)10-16;/h5-8,10-12,14H,9,13H2,1-4H3,(H-,28,29,30,32,33,37);1H/b6-5+;. The van der Waals surface area contributed by atoms with Crippen molar-refractivity contribution in [2.24, 2.45) is 7.05 Å². The van der Waals surface area contributed by atoms with E-state index in [9.17, 15) is 14.9 Å². The number of nitrogens with one attached hydrogen (secondary N) is 2. The molecule has 0 aliphatic rings. The van der Waals surface area contributed by atoms with Gasteiger partial charge in [0.15, 0.2) is 5.69 Å². The first kappa shape index (κ1) is 31.1. The minimum atomic E-state index is -0.470. The summed E-state index contributed by atoms with van der Waals surface area (Å²) in [5.74, 6) is 0.937. The van der Waals surface area contributed by atoms with Gasteiger partial charge in [-0.15, -0.1) is 0 Å². The third-order valence-electron chi connectivity index (χ3n) is 5.99. The number of aromatic nitrogens is 5. The van der Waals surface area contributed by atoms with Gasteiger partial charge in [0.1, 0.15) is 24.5 Å². The number of rotatable bonds is 9. The summed E-state index contributed by atoms with van der Waals surface area (Å²) in [5.41, 5.74) is 1.90. The third kappa shape index (κ3) is 7.38. The van der Waals surface area contributed by atoms with Crippen molar-refractivity contribution in [3.05, 3.63) is 80.1 Å². The van der Waals surface area contributed by atoms with Gasteiger partial charge in [0.05, 0.1) is 37.4 Å². The maximum Gasteiger partial charge on any atom is 0.391 e. The fourth-order valence-electron chi connectivity index (χ4n) is 3.88. The normalized spacial score (nSPS) is 11.4. The number of hydrogen-bond donors (Lipinski definition) is 2. The van der Waals surface area contributed by atoms with Gasteiger partial charge in [0.2, 0.25) is 11.7 Å². The van der Waals surface area contributed by atoms with Crippen molar-refractivity contribution >= 4 is 67.5 Å². The summed E-state index contributed by atoms with van der Waals surface area (Å²) in [6.45, 7) is 2.55. The molecule has 0 bridgehead atoms. The van der Waals surface area contributed by atoms with Crippen LogP contribution in [0.4, 0.5) is 23.1 Å². The molecule has 0 atom stereocenters. The predicted octanol–water partition coefficient (Wildman–Crippen LogP) is 1.91. The first-order valence-corrected chi connectivity index (χ1v) is 12.9. The Labute approximate surface area is 254 Å². The molecule has 3 heterocycles. The Kier molecular flexibility index (Phi) is 9.95. The number of quaternary nitrogens is 1. The molecule has 0 unspecified atom stereocenters. The van der Waals surface area contributed by atoms with Crippen LogP contribution in [0.1, 0.15) is 11.5 Å². The van der Waals surface area contributed by atoms with Crippen LogP contribution in [0.3, 0.4) is 0 Å². The molecule has 0 aliphatic carbocycles. The number of likely N-dealkylation sites (N-methyl/N-ethyl adjacent to an activating group) is 1. The second kappa shape index (κ2) is 12.8. The minimum Gasteiger partial charge on any atom is -1.00 e. The number of carbonyl (C=O) groups is 1. The fourth-order valence-corrected chi connectivity index (χ4v) is 4.38. The smallest absolute Gasteiger partial charge is 0.391 e. The van der Waals surface area contributed by atoms with Crippen LogP contribution in [0.15, 0.2) is 53.4 Å². The zero-order chi connectivity index (χ0) is 28.3. The van der Waals surface area contributed by atoms with Crippen molar-refractivity contribution in [1.29, 1.82) is 0 Å². The number of amides is 1. The van der Waals surface area contributed by atoms with E-state index in [0.29, 0.717) is 56.7 Å². The molecule has 0 saturated heterocycles. The predicted molar refractivity (Wildman–Crippen MR) is 153 cm³/mol. The Morgan fingerprint density at radius 1 is 1.25 bits per heavy atom. The van der Waals surface area contributed by atoms with Gasteiger partial charge in [-0.25, -0.2) is 15.0 Å². The van der Waals surface area contributed by atoms with Gasteiger partial charge in [-0.1, -0.05) is 11.6 Å². The van der Waals surface area contributed by atoms with E-state index in [-0.39, 0.29) is 28.7 Å². The van der Waals surface area contributed by atoms with E-state index in [1.807, 2.05) is 26.2 Å². The van der Waals surface area contributed by atoms with E-state index < -0.39 is 4.92 Å². The minimum absolute atomic E-state index is 0. The van der Waals surface area contributed by atoms with Crippen molar-refractivity contribution < 1.29 is 31.2 Å². The summed E-state index contributed by atoms with van der Waals surface area (Å²) < 4.78 is 2.84. The number of nitrogens with zero attached hydrogens (tertiary/aromatic N) is 7. The first-order valence-electron chi connectivity index (χ1n) is 11.7. The number of fused-ring (bicyclic) bond motifs is 1. The van der Waals surface area contributed by atoms with Crippen LogP contribution >= 0.6 is 27.5 Å². The van der Waals surface area contributed by atoms with Crippen molar-refractivity contribution in [3.8, 4) is 0 Å². The Hall–Kier alpha value is -3.46. The number of anilines is 3. The highest BCUT2D eigenvalue weighted by Crippen LogP contribution is 2.29. The lowest BCUT2D eigenvalue weighted by atomic mass is 10.2. The van der Waals surface area contributed by atoms with Crippen molar-refractivity contribution in [1.82, 2.24) is 24.5 Å². The van der Waals surface area contributed by atoms with Crippen LogP contribution in [0, 0.1) is 17.0 Å². The Morgan fingerprint density at radius 2 is 2.00 bits per heavy atom. The van der Waals surface area contributed by atoms with Gasteiger partial charge in [0.25, 0.3) is 0 Å². The summed E-state index contributed by atoms with van der Waals surface area (Å²) in [4.78, 5) is 40.5.